The topological polar surface area (TPSA) is 26.0 Å². The minimum absolute atomic E-state index is 0.639. The van der Waals surface area contributed by atoms with Crippen molar-refractivity contribution >= 4 is 0 Å². The Kier molecular flexibility index (Phi) is 5.04. The van der Waals surface area contributed by atoms with Crippen LogP contribution in [0.2, 0.25) is 3.17 Å². The van der Waals surface area contributed by atoms with Crippen molar-refractivity contribution in [2.75, 3.05) is 0 Å². The first kappa shape index (κ1) is 9.83. The molecular formula is C7H17HfN. The standard InChI is InChI=1S/C7H15.Hf.H2N/c1-4-7(5-2)6-3;;/h4-6H2,1-3H3;;1H2/q;+1;-1. The van der Waals surface area contributed by atoms with Gasteiger partial charge in [-0.25, -0.2) is 0 Å². The average molecular weight is 294 g/mol. The van der Waals surface area contributed by atoms with E-state index in [4.69, 9.17) is 3.72 Å². The summed E-state index contributed by atoms with van der Waals surface area (Å²) >= 11 is -0.728. The molecule has 0 radical (unpaired) electrons. The SMILES string of the molecule is CC[C](CC)(CC)[Hf][NH2]. The van der Waals surface area contributed by atoms with Crippen LogP contribution in [-0.2, 0) is 23.2 Å². The van der Waals surface area contributed by atoms with E-state index in [2.05, 4.69) is 20.8 Å². The molecule has 0 aliphatic carbocycles. The molecule has 0 saturated carbocycles. The van der Waals surface area contributed by atoms with Gasteiger partial charge in [-0.1, -0.05) is 0 Å². The Hall–Kier alpha value is 0.830. The van der Waals surface area contributed by atoms with E-state index in [1.54, 1.807) is 0 Å². The molecule has 0 spiro atoms. The van der Waals surface area contributed by atoms with E-state index in [1.807, 2.05) is 0 Å². The van der Waals surface area contributed by atoms with Crippen LogP contribution in [0, 0.1) is 0 Å². The maximum atomic E-state index is 5.83. The molecule has 0 aromatic carbocycles. The molecule has 54 valence electrons. The Balaban J connectivity index is 3.82. The molecular weight excluding hydrogens is 277 g/mol. The molecule has 0 amide bonds. The molecule has 0 aromatic rings. The van der Waals surface area contributed by atoms with E-state index >= 15 is 0 Å². The zero-order valence-electron chi connectivity index (χ0n) is 6.70. The fourth-order valence-corrected chi connectivity index (χ4v) is 3.26. The Bertz CT molecular complexity index is 51.8. The van der Waals surface area contributed by atoms with Crippen LogP contribution in [-0.4, -0.2) is 0 Å². The fraction of sp³-hybridized carbons (Fsp3) is 1.00. The van der Waals surface area contributed by atoms with Crippen molar-refractivity contribution in [3.63, 3.8) is 0 Å². The predicted molar refractivity (Wildman–Crippen MR) is 37.8 cm³/mol. The van der Waals surface area contributed by atoms with Gasteiger partial charge in [-0.15, -0.1) is 0 Å². The van der Waals surface area contributed by atoms with Gasteiger partial charge in [-0.05, 0) is 0 Å². The van der Waals surface area contributed by atoms with E-state index in [0.29, 0.717) is 3.17 Å². The summed E-state index contributed by atoms with van der Waals surface area (Å²) in [5, 5.41) is 0. The van der Waals surface area contributed by atoms with Crippen molar-refractivity contribution < 1.29 is 23.2 Å². The number of hydrogen-bond acceptors (Lipinski definition) is 1. The molecule has 9 heavy (non-hydrogen) atoms. The van der Waals surface area contributed by atoms with Crippen LogP contribution < -0.4 is 3.72 Å². The van der Waals surface area contributed by atoms with Crippen LogP contribution in [0.5, 0.6) is 0 Å². The van der Waals surface area contributed by atoms with Crippen LogP contribution in [0.15, 0.2) is 0 Å². The molecule has 2 N–H and O–H groups in total. The van der Waals surface area contributed by atoms with E-state index in [-0.39, 0.29) is 0 Å². The zero-order chi connectivity index (χ0) is 7.33. The predicted octanol–water partition coefficient (Wildman–Crippen LogP) is 2.33. The molecule has 0 atom stereocenters. The van der Waals surface area contributed by atoms with Crippen LogP contribution in [0.4, 0.5) is 0 Å². The van der Waals surface area contributed by atoms with Gasteiger partial charge in [0.05, 0.1) is 0 Å². The van der Waals surface area contributed by atoms with Gasteiger partial charge in [0.25, 0.3) is 0 Å². The van der Waals surface area contributed by atoms with Crippen LogP contribution in [0.3, 0.4) is 0 Å². The van der Waals surface area contributed by atoms with E-state index in [1.165, 1.54) is 19.3 Å². The van der Waals surface area contributed by atoms with Gasteiger partial charge in [0, 0.05) is 0 Å². The molecule has 0 unspecified atom stereocenters. The van der Waals surface area contributed by atoms with Crippen LogP contribution in [0.1, 0.15) is 40.0 Å². The first-order valence-corrected chi connectivity index (χ1v) is 7.59. The quantitative estimate of drug-likeness (QED) is 0.791. The molecule has 0 aliphatic heterocycles. The second kappa shape index (κ2) is 4.62. The summed E-state index contributed by atoms with van der Waals surface area (Å²) in [5.41, 5.74) is 0. The summed E-state index contributed by atoms with van der Waals surface area (Å²) in [6.07, 6.45) is 3.92. The summed E-state index contributed by atoms with van der Waals surface area (Å²) in [5.74, 6) is 0. The average Bonchev–Trinajstić information content (AvgIpc) is 1.95. The molecule has 0 bridgehead atoms. The summed E-state index contributed by atoms with van der Waals surface area (Å²) < 4.78 is 6.47. The second-order valence-electron chi connectivity index (χ2n) is 2.49. The summed E-state index contributed by atoms with van der Waals surface area (Å²) in [6, 6.07) is 0. The fourth-order valence-electron chi connectivity index (χ4n) is 1.06. The van der Waals surface area contributed by atoms with Crippen molar-refractivity contribution in [3.8, 4) is 0 Å². The third kappa shape index (κ3) is 2.50. The Morgan fingerprint density at radius 2 is 1.44 bits per heavy atom. The zero-order valence-corrected chi connectivity index (χ0v) is 10.3. The van der Waals surface area contributed by atoms with Gasteiger partial charge in [0.15, 0.2) is 0 Å². The van der Waals surface area contributed by atoms with E-state index < -0.39 is 23.2 Å². The van der Waals surface area contributed by atoms with Crippen LogP contribution in [0.25, 0.3) is 0 Å². The summed E-state index contributed by atoms with van der Waals surface area (Å²) in [4.78, 5) is 0. The van der Waals surface area contributed by atoms with Crippen molar-refractivity contribution in [1.29, 1.82) is 0 Å². The molecule has 0 rings (SSSR count). The van der Waals surface area contributed by atoms with Gasteiger partial charge in [0.2, 0.25) is 0 Å². The van der Waals surface area contributed by atoms with Crippen molar-refractivity contribution in [1.82, 2.24) is 0 Å². The molecule has 0 fully saturated rings. The Morgan fingerprint density at radius 3 is 1.44 bits per heavy atom. The molecule has 2 heteroatoms. The van der Waals surface area contributed by atoms with Gasteiger partial charge < -0.3 is 0 Å². The van der Waals surface area contributed by atoms with E-state index in [0.717, 1.165) is 0 Å². The maximum absolute atomic E-state index is 5.83. The molecule has 0 saturated heterocycles. The van der Waals surface area contributed by atoms with Crippen molar-refractivity contribution in [2.45, 2.75) is 43.2 Å². The van der Waals surface area contributed by atoms with Crippen molar-refractivity contribution in [3.05, 3.63) is 0 Å². The number of rotatable bonds is 4. The van der Waals surface area contributed by atoms with Gasteiger partial charge in [-0.2, -0.15) is 0 Å². The molecule has 0 heterocycles. The number of hydrogen-bond donors (Lipinski definition) is 1. The normalized spacial score (nSPS) is 11.6. The van der Waals surface area contributed by atoms with Gasteiger partial charge in [-0.3, -0.25) is 0 Å². The first-order chi connectivity index (χ1) is 4.24. The first-order valence-electron chi connectivity index (χ1n) is 3.72. The van der Waals surface area contributed by atoms with Crippen LogP contribution >= 0.6 is 0 Å². The van der Waals surface area contributed by atoms with Gasteiger partial charge in [0.1, 0.15) is 0 Å². The third-order valence-electron chi connectivity index (χ3n) is 2.34. The third-order valence-corrected chi connectivity index (χ3v) is 8.35. The van der Waals surface area contributed by atoms with E-state index in [9.17, 15) is 0 Å². The second-order valence-corrected chi connectivity index (χ2v) is 7.33. The Labute approximate surface area is 70.1 Å². The monoisotopic (exact) mass is 295 g/mol. The van der Waals surface area contributed by atoms with Crippen molar-refractivity contribution in [2.24, 2.45) is 3.72 Å². The summed E-state index contributed by atoms with van der Waals surface area (Å²) in [7, 11) is 0. The molecule has 1 nitrogen and oxygen atoms in total. The Morgan fingerprint density at radius 1 is 1.11 bits per heavy atom. The summed E-state index contributed by atoms with van der Waals surface area (Å²) in [6.45, 7) is 6.81. The molecule has 0 aliphatic rings. The van der Waals surface area contributed by atoms with Gasteiger partial charge >= 0.3 is 70.1 Å². The molecule has 0 aromatic heterocycles. The minimum atomic E-state index is -0.728. The number of nitrogens with two attached hydrogens (primary N) is 1.